The summed E-state index contributed by atoms with van der Waals surface area (Å²) >= 11 is 0. The largest absolute Gasteiger partial charge is 0.493 e. The Labute approximate surface area is 112 Å². The second kappa shape index (κ2) is 5.48. The van der Waals surface area contributed by atoms with Crippen LogP contribution in [0.25, 0.3) is 0 Å². The topological polar surface area (TPSA) is 67.8 Å². The van der Waals surface area contributed by atoms with E-state index in [0.29, 0.717) is 17.5 Å². The van der Waals surface area contributed by atoms with Crippen LogP contribution in [0.15, 0.2) is 12.1 Å². The van der Waals surface area contributed by atoms with Crippen LogP contribution in [-0.4, -0.2) is 31.3 Å². The van der Waals surface area contributed by atoms with Crippen molar-refractivity contribution in [2.45, 2.75) is 31.8 Å². The number of aryl methyl sites for hydroxylation is 1. The molecule has 0 heterocycles. The summed E-state index contributed by atoms with van der Waals surface area (Å²) < 4.78 is 10.4. The highest BCUT2D eigenvalue weighted by atomic mass is 16.5. The summed E-state index contributed by atoms with van der Waals surface area (Å²) in [6.45, 7) is 1.88. The van der Waals surface area contributed by atoms with Crippen molar-refractivity contribution < 1.29 is 19.4 Å². The lowest BCUT2D eigenvalue weighted by Gasteiger charge is -2.19. The van der Waals surface area contributed by atoms with Crippen LogP contribution in [0.1, 0.15) is 30.0 Å². The quantitative estimate of drug-likeness (QED) is 0.822. The lowest BCUT2D eigenvalue weighted by atomic mass is 10.00. The highest BCUT2D eigenvalue weighted by molar-refractivity contribution is 5.76. The smallest absolute Gasteiger partial charge is 0.325 e. The number of carboxylic acids is 1. The molecule has 0 amide bonds. The van der Waals surface area contributed by atoms with Crippen LogP contribution in [0.2, 0.25) is 0 Å². The van der Waals surface area contributed by atoms with E-state index < -0.39 is 12.0 Å². The van der Waals surface area contributed by atoms with Crippen molar-refractivity contribution in [1.29, 1.82) is 0 Å². The van der Waals surface area contributed by atoms with Gasteiger partial charge in [0.2, 0.25) is 0 Å². The molecule has 1 unspecified atom stereocenters. The molecule has 5 nitrogen and oxygen atoms in total. The Morgan fingerprint density at radius 2 is 1.89 bits per heavy atom. The van der Waals surface area contributed by atoms with E-state index in [-0.39, 0.29) is 0 Å². The van der Waals surface area contributed by atoms with Crippen LogP contribution < -0.4 is 14.8 Å². The van der Waals surface area contributed by atoms with Gasteiger partial charge in [0.05, 0.1) is 14.2 Å². The molecule has 1 atom stereocenters. The Balaban J connectivity index is 2.37. The minimum Gasteiger partial charge on any atom is -0.493 e. The van der Waals surface area contributed by atoms with E-state index in [2.05, 4.69) is 5.32 Å². The predicted octanol–water partition coefficient (Wildman–Crippen LogP) is 1.89. The molecular formula is C14H19NO4. The second-order valence-corrected chi connectivity index (χ2v) is 4.78. The standard InChI is InChI=1S/C14H19NO4/c1-8-6-11(18-2)12(19-3)7-10(8)13(14(16)17)15-9-4-5-9/h6-7,9,13,15H,4-5H2,1-3H3,(H,16,17). The number of carbonyl (C=O) groups is 1. The predicted molar refractivity (Wildman–Crippen MR) is 70.8 cm³/mol. The van der Waals surface area contributed by atoms with Crippen molar-refractivity contribution in [2.24, 2.45) is 0 Å². The molecule has 0 radical (unpaired) electrons. The molecule has 0 saturated heterocycles. The van der Waals surface area contributed by atoms with Gasteiger partial charge in [-0.3, -0.25) is 10.1 Å². The van der Waals surface area contributed by atoms with Crippen molar-refractivity contribution in [1.82, 2.24) is 5.32 Å². The van der Waals surface area contributed by atoms with Crippen LogP contribution in [0.4, 0.5) is 0 Å². The number of aliphatic carboxylic acids is 1. The van der Waals surface area contributed by atoms with E-state index in [0.717, 1.165) is 24.0 Å². The molecule has 1 aliphatic carbocycles. The normalized spacial score (nSPS) is 15.9. The van der Waals surface area contributed by atoms with Crippen molar-refractivity contribution in [2.75, 3.05) is 14.2 Å². The summed E-state index contributed by atoms with van der Waals surface area (Å²) in [6.07, 6.45) is 2.08. The highest BCUT2D eigenvalue weighted by Crippen LogP contribution is 2.34. The van der Waals surface area contributed by atoms with Crippen LogP contribution in [-0.2, 0) is 4.79 Å². The fourth-order valence-electron chi connectivity index (χ4n) is 2.09. The zero-order valence-corrected chi connectivity index (χ0v) is 11.4. The minimum absolute atomic E-state index is 0.314. The summed E-state index contributed by atoms with van der Waals surface area (Å²) in [5.74, 6) is 0.286. The first-order valence-electron chi connectivity index (χ1n) is 6.28. The maximum atomic E-state index is 11.4. The first-order valence-corrected chi connectivity index (χ1v) is 6.28. The first kappa shape index (κ1) is 13.7. The average Bonchev–Trinajstić information content (AvgIpc) is 3.19. The Morgan fingerprint density at radius 1 is 1.32 bits per heavy atom. The molecule has 19 heavy (non-hydrogen) atoms. The van der Waals surface area contributed by atoms with Crippen LogP contribution in [0, 0.1) is 6.92 Å². The molecule has 0 bridgehead atoms. The molecule has 0 aliphatic heterocycles. The number of benzene rings is 1. The number of carboxylic acid groups (broad SMARTS) is 1. The summed E-state index contributed by atoms with van der Waals surface area (Å²) in [5.41, 5.74) is 1.59. The van der Waals surface area contributed by atoms with Crippen LogP contribution in [0.3, 0.4) is 0 Å². The summed E-state index contributed by atoms with van der Waals surface area (Å²) in [5, 5.41) is 12.5. The molecule has 104 valence electrons. The molecule has 5 heteroatoms. The first-order chi connectivity index (χ1) is 9.06. The Morgan fingerprint density at radius 3 is 2.37 bits per heavy atom. The van der Waals surface area contributed by atoms with Gasteiger partial charge < -0.3 is 14.6 Å². The number of methoxy groups -OCH3 is 2. The second-order valence-electron chi connectivity index (χ2n) is 4.78. The molecule has 0 spiro atoms. The molecular weight excluding hydrogens is 246 g/mol. The number of hydrogen-bond donors (Lipinski definition) is 2. The third-order valence-electron chi connectivity index (χ3n) is 3.31. The maximum Gasteiger partial charge on any atom is 0.325 e. The molecule has 1 aliphatic rings. The lowest BCUT2D eigenvalue weighted by Crippen LogP contribution is -2.30. The highest BCUT2D eigenvalue weighted by Gasteiger charge is 2.30. The van der Waals surface area contributed by atoms with Crippen molar-refractivity contribution >= 4 is 5.97 Å². The molecule has 2 N–H and O–H groups in total. The third kappa shape index (κ3) is 2.98. The Bertz CT molecular complexity index is 483. The van der Waals surface area contributed by atoms with E-state index in [1.54, 1.807) is 26.4 Å². The van der Waals surface area contributed by atoms with Gasteiger partial charge in [0.15, 0.2) is 11.5 Å². The SMILES string of the molecule is COc1cc(C)c(C(NC2CC2)C(=O)O)cc1OC. The van der Waals surface area contributed by atoms with Gasteiger partial charge in [0.1, 0.15) is 6.04 Å². The Hall–Kier alpha value is -1.75. The average molecular weight is 265 g/mol. The van der Waals surface area contributed by atoms with Gasteiger partial charge in [-0.25, -0.2) is 0 Å². The van der Waals surface area contributed by atoms with E-state index in [1.165, 1.54) is 0 Å². The van der Waals surface area contributed by atoms with Gasteiger partial charge in [-0.05, 0) is 43.0 Å². The minimum atomic E-state index is -0.873. The van der Waals surface area contributed by atoms with E-state index >= 15 is 0 Å². The fraction of sp³-hybridized carbons (Fsp3) is 0.500. The fourth-order valence-corrected chi connectivity index (χ4v) is 2.09. The molecule has 1 saturated carbocycles. The van der Waals surface area contributed by atoms with E-state index in [4.69, 9.17) is 9.47 Å². The van der Waals surface area contributed by atoms with Gasteiger partial charge >= 0.3 is 5.97 Å². The van der Waals surface area contributed by atoms with Gasteiger partial charge in [0.25, 0.3) is 0 Å². The number of rotatable bonds is 6. The Kier molecular flexibility index (Phi) is 3.95. The van der Waals surface area contributed by atoms with Crippen molar-refractivity contribution in [3.8, 4) is 11.5 Å². The van der Waals surface area contributed by atoms with E-state index in [1.807, 2.05) is 6.92 Å². The summed E-state index contributed by atoms with van der Waals surface area (Å²) in [7, 11) is 3.11. The maximum absolute atomic E-state index is 11.4. The van der Waals surface area contributed by atoms with Gasteiger partial charge in [-0.1, -0.05) is 0 Å². The molecule has 1 aromatic rings. The number of hydrogen-bond acceptors (Lipinski definition) is 4. The van der Waals surface area contributed by atoms with Crippen molar-refractivity contribution in [3.05, 3.63) is 23.3 Å². The van der Waals surface area contributed by atoms with Crippen LogP contribution >= 0.6 is 0 Å². The summed E-state index contributed by atoms with van der Waals surface area (Å²) in [4.78, 5) is 11.4. The van der Waals surface area contributed by atoms with E-state index in [9.17, 15) is 9.90 Å². The van der Waals surface area contributed by atoms with Gasteiger partial charge in [-0.15, -0.1) is 0 Å². The zero-order chi connectivity index (χ0) is 14.0. The molecule has 2 rings (SSSR count). The lowest BCUT2D eigenvalue weighted by molar-refractivity contribution is -0.139. The third-order valence-corrected chi connectivity index (χ3v) is 3.31. The molecule has 1 fully saturated rings. The zero-order valence-electron chi connectivity index (χ0n) is 11.4. The van der Waals surface area contributed by atoms with Gasteiger partial charge in [0, 0.05) is 6.04 Å². The monoisotopic (exact) mass is 265 g/mol. The summed E-state index contributed by atoms with van der Waals surface area (Å²) in [6, 6.07) is 3.15. The molecule has 0 aromatic heterocycles. The van der Waals surface area contributed by atoms with Crippen molar-refractivity contribution in [3.63, 3.8) is 0 Å². The van der Waals surface area contributed by atoms with Crippen LogP contribution in [0.5, 0.6) is 11.5 Å². The molecule has 1 aromatic carbocycles. The number of ether oxygens (including phenoxy) is 2. The number of nitrogens with one attached hydrogen (secondary N) is 1. The van der Waals surface area contributed by atoms with Gasteiger partial charge in [-0.2, -0.15) is 0 Å².